The van der Waals surface area contributed by atoms with Gasteiger partial charge < -0.3 is 19.5 Å². The van der Waals surface area contributed by atoms with Crippen molar-refractivity contribution in [2.45, 2.75) is 52.1 Å². The van der Waals surface area contributed by atoms with Crippen molar-refractivity contribution in [2.24, 2.45) is 0 Å². The lowest BCUT2D eigenvalue weighted by molar-refractivity contribution is -0.140. The van der Waals surface area contributed by atoms with E-state index in [-0.39, 0.29) is 23.3 Å². The molecule has 6 nitrogen and oxygen atoms in total. The van der Waals surface area contributed by atoms with E-state index in [4.69, 9.17) is 9.47 Å². The average Bonchev–Trinajstić information content (AvgIpc) is 3.16. The van der Waals surface area contributed by atoms with Crippen molar-refractivity contribution in [1.29, 1.82) is 0 Å². The molecule has 6 heteroatoms. The molecule has 4 rings (SSSR count). The highest BCUT2D eigenvalue weighted by Gasteiger charge is 2.46. The predicted molar refractivity (Wildman–Crippen MR) is 148 cm³/mol. The molecular weight excluding hydrogens is 478 g/mol. The van der Waals surface area contributed by atoms with Gasteiger partial charge in [-0.3, -0.25) is 9.59 Å². The molecule has 0 bridgehead atoms. The Bertz CT molecular complexity index is 1330. The monoisotopic (exact) mass is 513 g/mol. The van der Waals surface area contributed by atoms with Crippen molar-refractivity contribution < 1.29 is 24.2 Å². The van der Waals surface area contributed by atoms with Crippen LogP contribution in [-0.2, 0) is 21.5 Å². The predicted octanol–water partition coefficient (Wildman–Crippen LogP) is 6.40. The third kappa shape index (κ3) is 5.59. The standard InChI is InChI=1S/C32H35NO5/c1-6-18-38-26-9-7-8-23(19-26)29(34)27-28(22-12-14-24(15-13-22)32(2,3)4)33(31(36)30(27)35)20-21-10-16-25(37-5)17-11-21/h7-17,19,28,34H,6,18,20H2,1-5H3/b29-27-. The van der Waals surface area contributed by atoms with E-state index in [2.05, 4.69) is 20.8 Å². The van der Waals surface area contributed by atoms with E-state index in [1.165, 1.54) is 4.90 Å². The number of carbonyl (C=O) groups is 2. The summed E-state index contributed by atoms with van der Waals surface area (Å²) in [5, 5.41) is 11.4. The second-order valence-corrected chi connectivity index (χ2v) is 10.5. The van der Waals surface area contributed by atoms with Gasteiger partial charge in [0, 0.05) is 12.1 Å². The topological polar surface area (TPSA) is 76.1 Å². The van der Waals surface area contributed by atoms with Crippen molar-refractivity contribution >= 4 is 17.4 Å². The molecule has 3 aromatic carbocycles. The van der Waals surface area contributed by atoms with E-state index in [1.807, 2.05) is 55.5 Å². The first-order chi connectivity index (χ1) is 18.1. The first-order valence-electron chi connectivity index (χ1n) is 12.9. The second kappa shape index (κ2) is 11.1. The van der Waals surface area contributed by atoms with Crippen LogP contribution in [0.5, 0.6) is 11.5 Å². The Hall–Kier alpha value is -4.06. The summed E-state index contributed by atoms with van der Waals surface area (Å²) in [6.45, 7) is 9.15. The number of ether oxygens (including phenoxy) is 2. The molecule has 198 valence electrons. The molecule has 0 aliphatic carbocycles. The fourth-order valence-electron chi connectivity index (χ4n) is 4.59. The maximum Gasteiger partial charge on any atom is 0.295 e. The molecule has 1 heterocycles. The number of hydrogen-bond donors (Lipinski definition) is 1. The number of hydrogen-bond acceptors (Lipinski definition) is 5. The Kier molecular flexibility index (Phi) is 7.91. The van der Waals surface area contributed by atoms with Crippen LogP contribution in [0.1, 0.15) is 62.4 Å². The third-order valence-electron chi connectivity index (χ3n) is 6.72. The van der Waals surface area contributed by atoms with E-state index in [9.17, 15) is 14.7 Å². The molecule has 1 unspecified atom stereocenters. The molecule has 1 fully saturated rings. The summed E-state index contributed by atoms with van der Waals surface area (Å²) >= 11 is 0. The molecule has 0 spiro atoms. The number of aliphatic hydroxyl groups is 1. The SMILES string of the molecule is CCCOc1cccc(/C(O)=C2/C(=O)C(=O)N(Cc3ccc(OC)cc3)C2c2ccc(C(C)(C)C)cc2)c1. The van der Waals surface area contributed by atoms with Gasteiger partial charge in [-0.2, -0.15) is 0 Å². The van der Waals surface area contributed by atoms with E-state index >= 15 is 0 Å². The summed E-state index contributed by atoms with van der Waals surface area (Å²) < 4.78 is 11.0. The summed E-state index contributed by atoms with van der Waals surface area (Å²) in [4.78, 5) is 28.3. The molecule has 1 aliphatic heterocycles. The van der Waals surface area contributed by atoms with Gasteiger partial charge in [-0.05, 0) is 52.8 Å². The van der Waals surface area contributed by atoms with Gasteiger partial charge >= 0.3 is 0 Å². The Morgan fingerprint density at radius 2 is 1.63 bits per heavy atom. The Labute approximate surface area is 224 Å². The molecule has 1 atom stereocenters. The summed E-state index contributed by atoms with van der Waals surface area (Å²) in [6.07, 6.45) is 0.844. The van der Waals surface area contributed by atoms with Crippen molar-refractivity contribution in [1.82, 2.24) is 4.90 Å². The van der Waals surface area contributed by atoms with Crippen LogP contribution >= 0.6 is 0 Å². The zero-order valence-corrected chi connectivity index (χ0v) is 22.7. The number of benzene rings is 3. The number of Topliss-reactive ketones (excluding diaryl/α,β-unsaturated/α-hetero) is 1. The van der Waals surface area contributed by atoms with E-state index in [1.54, 1.807) is 31.4 Å². The molecular formula is C32H35NO5. The van der Waals surface area contributed by atoms with Crippen LogP contribution in [0.15, 0.2) is 78.4 Å². The van der Waals surface area contributed by atoms with Crippen molar-refractivity contribution in [3.63, 3.8) is 0 Å². The number of aliphatic hydroxyl groups excluding tert-OH is 1. The van der Waals surface area contributed by atoms with E-state index in [0.717, 1.165) is 23.1 Å². The molecule has 1 saturated heterocycles. The Morgan fingerprint density at radius 1 is 0.947 bits per heavy atom. The van der Waals surface area contributed by atoms with Gasteiger partial charge in [-0.1, -0.05) is 76.2 Å². The van der Waals surface area contributed by atoms with Crippen LogP contribution in [0.3, 0.4) is 0 Å². The summed E-state index contributed by atoms with van der Waals surface area (Å²) in [5.74, 6) is -0.274. The summed E-state index contributed by atoms with van der Waals surface area (Å²) in [6, 6.07) is 21.5. The molecule has 1 N–H and O–H groups in total. The number of rotatable bonds is 8. The highest BCUT2D eigenvalue weighted by Crippen LogP contribution is 2.41. The summed E-state index contributed by atoms with van der Waals surface area (Å²) in [7, 11) is 1.59. The van der Waals surface area contributed by atoms with Crippen molar-refractivity contribution in [2.75, 3.05) is 13.7 Å². The smallest absolute Gasteiger partial charge is 0.295 e. The van der Waals surface area contributed by atoms with Gasteiger partial charge in [0.05, 0.1) is 25.3 Å². The minimum absolute atomic E-state index is 0.0532. The van der Waals surface area contributed by atoms with Gasteiger partial charge in [0.1, 0.15) is 17.3 Å². The normalized spacial score (nSPS) is 17.1. The maximum absolute atomic E-state index is 13.4. The average molecular weight is 514 g/mol. The minimum Gasteiger partial charge on any atom is -0.507 e. The zero-order chi connectivity index (χ0) is 27.4. The molecule has 0 saturated carbocycles. The van der Waals surface area contributed by atoms with Crippen LogP contribution < -0.4 is 9.47 Å². The van der Waals surface area contributed by atoms with Crippen molar-refractivity contribution in [3.05, 3.63) is 101 Å². The molecule has 1 amide bonds. The first-order valence-corrected chi connectivity index (χ1v) is 12.9. The third-order valence-corrected chi connectivity index (χ3v) is 6.72. The zero-order valence-electron chi connectivity index (χ0n) is 22.7. The molecule has 3 aromatic rings. The van der Waals surface area contributed by atoms with Crippen molar-refractivity contribution in [3.8, 4) is 11.5 Å². The lowest BCUT2D eigenvalue weighted by atomic mass is 9.85. The van der Waals surface area contributed by atoms with E-state index in [0.29, 0.717) is 23.7 Å². The highest BCUT2D eigenvalue weighted by molar-refractivity contribution is 6.46. The number of carbonyl (C=O) groups excluding carboxylic acids is 2. The number of nitrogens with zero attached hydrogens (tertiary/aromatic N) is 1. The lowest BCUT2D eigenvalue weighted by Gasteiger charge is -2.26. The number of amides is 1. The lowest BCUT2D eigenvalue weighted by Crippen LogP contribution is -2.29. The quantitative estimate of drug-likeness (QED) is 0.214. The van der Waals surface area contributed by atoms with Gasteiger partial charge in [0.15, 0.2) is 0 Å². The fraction of sp³-hybridized carbons (Fsp3) is 0.312. The Balaban J connectivity index is 1.81. The van der Waals surface area contributed by atoms with Crippen LogP contribution in [0, 0.1) is 0 Å². The number of ketones is 1. The van der Waals surface area contributed by atoms with Gasteiger partial charge in [-0.25, -0.2) is 0 Å². The number of methoxy groups -OCH3 is 1. The maximum atomic E-state index is 13.4. The molecule has 0 radical (unpaired) electrons. The van der Waals surface area contributed by atoms with Crippen LogP contribution in [0.25, 0.3) is 5.76 Å². The van der Waals surface area contributed by atoms with Crippen LogP contribution in [-0.4, -0.2) is 35.4 Å². The highest BCUT2D eigenvalue weighted by atomic mass is 16.5. The van der Waals surface area contributed by atoms with Crippen LogP contribution in [0.2, 0.25) is 0 Å². The van der Waals surface area contributed by atoms with E-state index < -0.39 is 17.7 Å². The second-order valence-electron chi connectivity index (χ2n) is 10.5. The van der Waals surface area contributed by atoms with Gasteiger partial charge in [0.2, 0.25) is 0 Å². The number of likely N-dealkylation sites (tertiary alicyclic amines) is 1. The first kappa shape index (κ1) is 27.0. The minimum atomic E-state index is -0.744. The Morgan fingerprint density at radius 3 is 2.24 bits per heavy atom. The molecule has 1 aliphatic rings. The van der Waals surface area contributed by atoms with Gasteiger partial charge in [0.25, 0.3) is 11.7 Å². The largest absolute Gasteiger partial charge is 0.507 e. The fourth-order valence-corrected chi connectivity index (χ4v) is 4.59. The summed E-state index contributed by atoms with van der Waals surface area (Å²) in [5.41, 5.74) is 3.18. The van der Waals surface area contributed by atoms with Gasteiger partial charge in [-0.15, -0.1) is 0 Å². The van der Waals surface area contributed by atoms with Crippen LogP contribution in [0.4, 0.5) is 0 Å². The molecule has 0 aromatic heterocycles. The molecule has 38 heavy (non-hydrogen) atoms.